The maximum absolute atomic E-state index is 10.8. The van der Waals surface area contributed by atoms with E-state index in [2.05, 4.69) is 5.54 Å². The number of nitro benzene ring substituents is 1. The Bertz CT molecular complexity index is 463. The van der Waals surface area contributed by atoms with Gasteiger partial charge in [-0.05, 0) is 31.6 Å². The van der Waals surface area contributed by atoms with E-state index < -0.39 is 13.2 Å². The standard InChI is InChI=1S/C11H13NO3Si/c1-5-16(3,4)15-11-7-6-9(2)8-10(11)12(13)14/h1,6-8H,2-4H3. The van der Waals surface area contributed by atoms with Crippen molar-refractivity contribution >= 4 is 14.0 Å². The van der Waals surface area contributed by atoms with Gasteiger partial charge in [0.2, 0.25) is 0 Å². The molecule has 0 aliphatic carbocycles. The van der Waals surface area contributed by atoms with Crippen LogP contribution in [0, 0.1) is 29.0 Å². The van der Waals surface area contributed by atoms with E-state index in [-0.39, 0.29) is 11.4 Å². The van der Waals surface area contributed by atoms with Gasteiger partial charge < -0.3 is 4.43 Å². The minimum absolute atomic E-state index is 0.0316. The first kappa shape index (κ1) is 12.3. The molecule has 1 aromatic rings. The quantitative estimate of drug-likeness (QED) is 0.350. The molecule has 16 heavy (non-hydrogen) atoms. The fourth-order valence-corrected chi connectivity index (χ4v) is 1.94. The summed E-state index contributed by atoms with van der Waals surface area (Å²) in [5.41, 5.74) is 3.35. The van der Waals surface area contributed by atoms with Gasteiger partial charge in [-0.25, -0.2) is 0 Å². The van der Waals surface area contributed by atoms with Crippen molar-refractivity contribution in [3.05, 3.63) is 33.9 Å². The van der Waals surface area contributed by atoms with Crippen molar-refractivity contribution in [2.75, 3.05) is 0 Å². The number of aryl methyl sites for hydroxylation is 1. The lowest BCUT2D eigenvalue weighted by Gasteiger charge is -2.17. The van der Waals surface area contributed by atoms with Crippen molar-refractivity contribution < 1.29 is 9.35 Å². The average molecular weight is 235 g/mol. The van der Waals surface area contributed by atoms with Gasteiger partial charge in [0.15, 0.2) is 5.75 Å². The molecule has 0 N–H and O–H groups in total. The monoisotopic (exact) mass is 235 g/mol. The van der Waals surface area contributed by atoms with Crippen molar-refractivity contribution in [2.45, 2.75) is 20.0 Å². The Morgan fingerprint density at radius 3 is 2.62 bits per heavy atom. The molecule has 5 heteroatoms. The predicted molar refractivity (Wildman–Crippen MR) is 64.8 cm³/mol. The van der Waals surface area contributed by atoms with Gasteiger partial charge >= 0.3 is 14.0 Å². The molecule has 0 atom stereocenters. The second-order valence-electron chi connectivity index (χ2n) is 3.98. The van der Waals surface area contributed by atoms with E-state index >= 15 is 0 Å². The Hall–Kier alpha value is -1.80. The molecule has 0 aliphatic heterocycles. The first-order chi connectivity index (χ1) is 7.35. The molecule has 0 spiro atoms. The predicted octanol–water partition coefficient (Wildman–Crippen LogP) is 2.66. The van der Waals surface area contributed by atoms with E-state index in [0.29, 0.717) is 0 Å². The number of rotatable bonds is 3. The van der Waals surface area contributed by atoms with Crippen LogP contribution in [-0.2, 0) is 0 Å². The molecule has 0 aromatic heterocycles. The maximum atomic E-state index is 10.8. The lowest BCUT2D eigenvalue weighted by molar-refractivity contribution is -0.385. The minimum atomic E-state index is -2.29. The first-order valence-electron chi connectivity index (χ1n) is 4.77. The molecular weight excluding hydrogens is 222 g/mol. The van der Waals surface area contributed by atoms with Gasteiger partial charge in [-0.15, -0.1) is 6.42 Å². The minimum Gasteiger partial charge on any atom is -0.527 e. The Labute approximate surface area is 95.5 Å². The molecule has 0 saturated carbocycles. The van der Waals surface area contributed by atoms with Crippen molar-refractivity contribution in [2.24, 2.45) is 0 Å². The molecule has 0 radical (unpaired) electrons. The molecule has 0 unspecified atom stereocenters. The number of terminal acetylenes is 1. The molecular formula is C11H13NO3Si. The van der Waals surface area contributed by atoms with Gasteiger partial charge in [0.05, 0.1) is 4.92 Å². The molecule has 0 amide bonds. The number of nitrogens with zero attached hydrogens (tertiary/aromatic N) is 1. The summed E-state index contributed by atoms with van der Waals surface area (Å²) < 4.78 is 5.56. The summed E-state index contributed by atoms with van der Waals surface area (Å²) in [7, 11) is -2.29. The van der Waals surface area contributed by atoms with Crippen molar-refractivity contribution in [1.29, 1.82) is 0 Å². The third-order valence-electron chi connectivity index (χ3n) is 2.02. The molecule has 84 valence electrons. The van der Waals surface area contributed by atoms with E-state index in [0.717, 1.165) is 5.56 Å². The number of hydrogen-bond donors (Lipinski definition) is 0. The third kappa shape index (κ3) is 2.84. The van der Waals surface area contributed by atoms with Crippen LogP contribution in [0.15, 0.2) is 18.2 Å². The summed E-state index contributed by atoms with van der Waals surface area (Å²) in [4.78, 5) is 10.4. The SMILES string of the molecule is C#C[Si](C)(C)Oc1ccc(C)cc1[N+](=O)[O-]. The topological polar surface area (TPSA) is 52.4 Å². The molecule has 0 aliphatic rings. The van der Waals surface area contributed by atoms with Crippen LogP contribution in [0.25, 0.3) is 0 Å². The highest BCUT2D eigenvalue weighted by atomic mass is 28.4. The van der Waals surface area contributed by atoms with Crippen LogP contribution in [0.4, 0.5) is 5.69 Å². The Kier molecular flexibility index (Phi) is 3.35. The maximum Gasteiger partial charge on any atom is 0.323 e. The Morgan fingerprint density at radius 1 is 1.50 bits per heavy atom. The van der Waals surface area contributed by atoms with Crippen LogP contribution in [0.1, 0.15) is 5.56 Å². The highest BCUT2D eigenvalue weighted by Crippen LogP contribution is 2.29. The lowest BCUT2D eigenvalue weighted by Crippen LogP contribution is -2.32. The summed E-state index contributed by atoms with van der Waals surface area (Å²) in [6, 6.07) is 4.85. The Balaban J connectivity index is 3.15. The summed E-state index contributed by atoms with van der Waals surface area (Å²) >= 11 is 0. The molecule has 0 saturated heterocycles. The largest absolute Gasteiger partial charge is 0.527 e. The van der Waals surface area contributed by atoms with Crippen LogP contribution in [0.3, 0.4) is 0 Å². The summed E-state index contributed by atoms with van der Waals surface area (Å²) in [6.07, 6.45) is 5.33. The molecule has 0 heterocycles. The van der Waals surface area contributed by atoms with Crippen LogP contribution in [0.2, 0.25) is 13.1 Å². The zero-order valence-corrected chi connectivity index (χ0v) is 10.5. The van der Waals surface area contributed by atoms with Gasteiger partial charge in [-0.3, -0.25) is 10.1 Å². The summed E-state index contributed by atoms with van der Waals surface area (Å²) in [5, 5.41) is 10.8. The fourth-order valence-electron chi connectivity index (χ4n) is 1.16. The smallest absolute Gasteiger partial charge is 0.323 e. The van der Waals surface area contributed by atoms with E-state index in [4.69, 9.17) is 10.8 Å². The van der Waals surface area contributed by atoms with Gasteiger partial charge in [0, 0.05) is 6.07 Å². The Morgan fingerprint density at radius 2 is 2.12 bits per heavy atom. The first-order valence-corrected chi connectivity index (χ1v) is 7.68. The van der Waals surface area contributed by atoms with Crippen molar-refractivity contribution in [3.63, 3.8) is 0 Å². The normalized spacial score (nSPS) is 10.6. The number of benzene rings is 1. The second-order valence-corrected chi connectivity index (χ2v) is 7.50. The van der Waals surface area contributed by atoms with Crippen LogP contribution < -0.4 is 4.43 Å². The summed E-state index contributed by atoms with van der Waals surface area (Å²) in [6.45, 7) is 5.42. The third-order valence-corrected chi connectivity index (χ3v) is 3.45. The lowest BCUT2D eigenvalue weighted by atomic mass is 10.2. The highest BCUT2D eigenvalue weighted by molar-refractivity contribution is 6.79. The average Bonchev–Trinajstić information content (AvgIpc) is 2.20. The van der Waals surface area contributed by atoms with Gasteiger partial charge in [-0.2, -0.15) is 0 Å². The molecule has 0 bridgehead atoms. The van der Waals surface area contributed by atoms with Gasteiger partial charge in [-0.1, -0.05) is 11.6 Å². The summed E-state index contributed by atoms with van der Waals surface area (Å²) in [5.74, 6) is 0.255. The second kappa shape index (κ2) is 4.37. The van der Waals surface area contributed by atoms with E-state index in [1.165, 1.54) is 6.07 Å². The molecule has 0 fully saturated rings. The van der Waals surface area contributed by atoms with Crippen LogP contribution in [0.5, 0.6) is 5.75 Å². The van der Waals surface area contributed by atoms with Gasteiger partial charge in [0.1, 0.15) is 0 Å². The number of nitro groups is 1. The molecule has 4 nitrogen and oxygen atoms in total. The molecule has 1 aromatic carbocycles. The van der Waals surface area contributed by atoms with Gasteiger partial charge in [0.25, 0.3) is 0 Å². The van der Waals surface area contributed by atoms with Crippen molar-refractivity contribution in [3.8, 4) is 17.7 Å². The van der Waals surface area contributed by atoms with E-state index in [1.807, 2.05) is 13.1 Å². The zero-order chi connectivity index (χ0) is 12.3. The van der Waals surface area contributed by atoms with E-state index in [9.17, 15) is 10.1 Å². The van der Waals surface area contributed by atoms with Crippen LogP contribution >= 0.6 is 0 Å². The zero-order valence-electron chi connectivity index (χ0n) is 9.48. The van der Waals surface area contributed by atoms with Crippen molar-refractivity contribution in [1.82, 2.24) is 0 Å². The number of hydrogen-bond acceptors (Lipinski definition) is 3. The fraction of sp³-hybridized carbons (Fsp3) is 0.273. The molecule has 1 rings (SSSR count). The van der Waals surface area contributed by atoms with E-state index in [1.54, 1.807) is 19.1 Å². The van der Waals surface area contributed by atoms with Crippen LogP contribution in [-0.4, -0.2) is 13.2 Å². The highest BCUT2D eigenvalue weighted by Gasteiger charge is 2.25.